The first-order chi connectivity index (χ1) is 14.2. The summed E-state index contributed by atoms with van der Waals surface area (Å²) >= 11 is 13.2. The number of imidazole rings is 1. The zero-order chi connectivity index (χ0) is 21.5. The summed E-state index contributed by atoms with van der Waals surface area (Å²) in [6, 6.07) is 4.47. The first-order valence-electron chi connectivity index (χ1n) is 8.75. The molecule has 1 aliphatic heterocycles. The van der Waals surface area contributed by atoms with Crippen molar-refractivity contribution < 1.29 is 22.7 Å². The summed E-state index contributed by atoms with van der Waals surface area (Å²) in [7, 11) is 0. The van der Waals surface area contributed by atoms with E-state index in [0.29, 0.717) is 31.4 Å². The molecule has 30 heavy (non-hydrogen) atoms. The van der Waals surface area contributed by atoms with Crippen molar-refractivity contribution in [3.8, 4) is 0 Å². The lowest BCUT2D eigenvalue weighted by Crippen LogP contribution is -2.36. The number of thiazole rings is 1. The Hall–Kier alpha value is -2.08. The van der Waals surface area contributed by atoms with Crippen molar-refractivity contribution in [1.82, 2.24) is 14.5 Å². The van der Waals surface area contributed by atoms with Gasteiger partial charge in [0, 0.05) is 13.1 Å². The number of halogens is 5. The van der Waals surface area contributed by atoms with E-state index in [1.54, 1.807) is 0 Å². The molecule has 1 aromatic carbocycles. The normalized spacial score (nSPS) is 15.0. The van der Waals surface area contributed by atoms with Gasteiger partial charge in [-0.05, 0) is 12.1 Å². The second kappa shape index (κ2) is 8.22. The molecule has 3 aromatic rings. The molecule has 0 atom stereocenters. The molecule has 1 amide bonds. The minimum Gasteiger partial charge on any atom is -0.378 e. The van der Waals surface area contributed by atoms with E-state index in [9.17, 15) is 18.0 Å². The van der Waals surface area contributed by atoms with Crippen LogP contribution in [0.4, 0.5) is 24.3 Å². The minimum absolute atomic E-state index is 0.0319. The largest absolute Gasteiger partial charge is 0.406 e. The van der Waals surface area contributed by atoms with Crippen molar-refractivity contribution in [3.63, 3.8) is 0 Å². The number of nitrogens with one attached hydrogen (secondary N) is 1. The van der Waals surface area contributed by atoms with Gasteiger partial charge in [0.15, 0.2) is 10.3 Å². The van der Waals surface area contributed by atoms with Gasteiger partial charge in [0.1, 0.15) is 16.9 Å². The second-order valence-corrected chi connectivity index (χ2v) is 8.16. The summed E-state index contributed by atoms with van der Waals surface area (Å²) < 4.78 is 45.5. The van der Waals surface area contributed by atoms with Crippen LogP contribution in [0.25, 0.3) is 11.0 Å². The molecular formula is C17H14Cl2F3N5O2S. The number of morpholine rings is 1. The molecular weight excluding hydrogens is 466 g/mol. The summed E-state index contributed by atoms with van der Waals surface area (Å²) in [6.45, 7) is 0.923. The maximum Gasteiger partial charge on any atom is 0.406 e. The van der Waals surface area contributed by atoms with Crippen molar-refractivity contribution in [2.75, 3.05) is 36.5 Å². The van der Waals surface area contributed by atoms with Crippen molar-refractivity contribution in [2.45, 2.75) is 12.7 Å². The van der Waals surface area contributed by atoms with Gasteiger partial charge in [-0.2, -0.15) is 13.2 Å². The number of rotatable bonds is 4. The number of amides is 1. The summed E-state index contributed by atoms with van der Waals surface area (Å²) in [6.07, 6.45) is -4.53. The number of para-hydroxylation sites is 1. The van der Waals surface area contributed by atoms with E-state index in [-0.39, 0.29) is 32.0 Å². The van der Waals surface area contributed by atoms with E-state index in [0.717, 1.165) is 15.9 Å². The van der Waals surface area contributed by atoms with E-state index < -0.39 is 18.6 Å². The third-order valence-electron chi connectivity index (χ3n) is 4.35. The standard InChI is InChI=1S/C17H14Cl2F3N5O2S/c18-9-2-1-3-10-11(9)23-15(27(10)8-17(20,21)22)25-14(28)12-13(19)24-16(30-12)26-4-6-29-7-5-26/h1-3H,4-8H2,(H,23,25,28). The number of anilines is 2. The fourth-order valence-corrected chi connectivity index (χ4v) is 4.48. The van der Waals surface area contributed by atoms with Crippen molar-refractivity contribution in [2.24, 2.45) is 0 Å². The first-order valence-corrected chi connectivity index (χ1v) is 10.3. The van der Waals surface area contributed by atoms with E-state index in [1.165, 1.54) is 18.2 Å². The van der Waals surface area contributed by atoms with Gasteiger partial charge in [0.05, 0.1) is 23.8 Å². The molecule has 1 fully saturated rings. The molecule has 1 saturated heterocycles. The van der Waals surface area contributed by atoms with Gasteiger partial charge in [-0.3, -0.25) is 10.1 Å². The lowest BCUT2D eigenvalue weighted by molar-refractivity contribution is -0.139. The summed E-state index contributed by atoms with van der Waals surface area (Å²) in [5, 5.41) is 3.11. The highest BCUT2D eigenvalue weighted by Gasteiger charge is 2.31. The Morgan fingerprint density at radius 2 is 1.97 bits per heavy atom. The number of fused-ring (bicyclic) bond motifs is 1. The number of carbonyl (C=O) groups is 1. The fourth-order valence-electron chi connectivity index (χ4n) is 3.03. The van der Waals surface area contributed by atoms with Crippen LogP contribution in [0.5, 0.6) is 0 Å². The average molecular weight is 480 g/mol. The molecule has 0 unspecified atom stereocenters. The van der Waals surface area contributed by atoms with Crippen molar-refractivity contribution in [1.29, 1.82) is 0 Å². The summed E-state index contributed by atoms with van der Waals surface area (Å²) in [5.41, 5.74) is 0.308. The van der Waals surface area contributed by atoms with Crippen LogP contribution >= 0.6 is 34.5 Å². The van der Waals surface area contributed by atoms with Gasteiger partial charge in [-0.15, -0.1) is 0 Å². The van der Waals surface area contributed by atoms with Crippen molar-refractivity contribution >= 4 is 62.6 Å². The molecule has 0 radical (unpaired) electrons. The Kier molecular flexibility index (Phi) is 5.80. The number of ether oxygens (including phenoxy) is 1. The van der Waals surface area contributed by atoms with Crippen LogP contribution in [0.3, 0.4) is 0 Å². The molecule has 160 valence electrons. The van der Waals surface area contributed by atoms with Crippen LogP contribution in [-0.2, 0) is 11.3 Å². The third-order valence-corrected chi connectivity index (χ3v) is 6.16. The Morgan fingerprint density at radius 1 is 1.23 bits per heavy atom. The maximum atomic E-state index is 13.1. The number of nitrogens with zero attached hydrogens (tertiary/aromatic N) is 4. The average Bonchev–Trinajstić information content (AvgIpc) is 3.24. The molecule has 0 spiro atoms. The van der Waals surface area contributed by atoms with Gasteiger partial charge < -0.3 is 14.2 Å². The highest BCUT2D eigenvalue weighted by atomic mass is 35.5. The predicted octanol–water partition coefficient (Wildman–Crippen LogP) is 4.45. The van der Waals surface area contributed by atoms with E-state index >= 15 is 0 Å². The van der Waals surface area contributed by atoms with Crippen LogP contribution in [0, 0.1) is 0 Å². The molecule has 13 heteroatoms. The van der Waals surface area contributed by atoms with Crippen LogP contribution < -0.4 is 10.2 Å². The predicted molar refractivity (Wildman–Crippen MR) is 109 cm³/mol. The molecule has 7 nitrogen and oxygen atoms in total. The molecule has 3 heterocycles. The minimum atomic E-state index is -4.53. The Bertz CT molecular complexity index is 1100. The number of carbonyl (C=O) groups excluding carboxylic acids is 1. The number of alkyl halides is 3. The Labute approximate surface area is 182 Å². The number of aromatic nitrogens is 3. The van der Waals surface area contributed by atoms with Crippen LogP contribution in [-0.4, -0.2) is 52.9 Å². The highest BCUT2D eigenvalue weighted by Crippen LogP contribution is 2.33. The molecule has 0 aliphatic carbocycles. The smallest absolute Gasteiger partial charge is 0.378 e. The number of benzene rings is 1. The molecule has 0 saturated carbocycles. The van der Waals surface area contributed by atoms with Gasteiger partial charge in [-0.25, -0.2) is 9.97 Å². The van der Waals surface area contributed by atoms with E-state index in [2.05, 4.69) is 15.3 Å². The zero-order valence-corrected chi connectivity index (χ0v) is 17.5. The quantitative estimate of drug-likeness (QED) is 0.598. The third kappa shape index (κ3) is 4.34. The highest BCUT2D eigenvalue weighted by molar-refractivity contribution is 7.18. The Morgan fingerprint density at radius 3 is 2.67 bits per heavy atom. The van der Waals surface area contributed by atoms with E-state index in [4.69, 9.17) is 27.9 Å². The second-order valence-electron chi connectivity index (χ2n) is 6.41. The van der Waals surface area contributed by atoms with Gasteiger partial charge in [-0.1, -0.05) is 40.6 Å². The van der Waals surface area contributed by atoms with Crippen molar-refractivity contribution in [3.05, 3.63) is 33.3 Å². The zero-order valence-electron chi connectivity index (χ0n) is 15.2. The molecule has 2 aromatic heterocycles. The first kappa shape index (κ1) is 21.2. The molecule has 4 rings (SSSR count). The van der Waals surface area contributed by atoms with Crippen LogP contribution in [0.2, 0.25) is 10.2 Å². The van der Waals surface area contributed by atoms with Crippen LogP contribution in [0.15, 0.2) is 18.2 Å². The summed E-state index contributed by atoms with van der Waals surface area (Å²) in [4.78, 5) is 23.1. The Balaban J connectivity index is 1.65. The van der Waals surface area contributed by atoms with Gasteiger partial charge in [0.25, 0.3) is 5.91 Å². The monoisotopic (exact) mass is 479 g/mol. The fraction of sp³-hybridized carbons (Fsp3) is 0.353. The van der Waals surface area contributed by atoms with E-state index in [1.807, 2.05) is 4.90 Å². The molecule has 1 N–H and O–H groups in total. The number of hydrogen-bond donors (Lipinski definition) is 1. The molecule has 0 bridgehead atoms. The van der Waals surface area contributed by atoms with Crippen LogP contribution in [0.1, 0.15) is 9.67 Å². The molecule has 1 aliphatic rings. The van der Waals surface area contributed by atoms with Gasteiger partial charge in [0.2, 0.25) is 5.95 Å². The lowest BCUT2D eigenvalue weighted by Gasteiger charge is -2.25. The topological polar surface area (TPSA) is 72.3 Å². The SMILES string of the molecule is O=C(Nc1nc2c(Cl)cccc2n1CC(F)(F)F)c1sc(N2CCOCC2)nc1Cl. The lowest BCUT2D eigenvalue weighted by atomic mass is 10.3. The van der Waals surface area contributed by atoms with Gasteiger partial charge >= 0.3 is 6.18 Å². The number of hydrogen-bond acceptors (Lipinski definition) is 6. The maximum absolute atomic E-state index is 13.1. The summed E-state index contributed by atoms with van der Waals surface area (Å²) in [5.74, 6) is -0.982.